The molecule has 0 radical (unpaired) electrons. The Morgan fingerprint density at radius 3 is 2.77 bits per heavy atom. The molecule has 1 atom stereocenters. The third-order valence-corrected chi connectivity index (χ3v) is 3.53. The Labute approximate surface area is 131 Å². The van der Waals surface area contributed by atoms with E-state index >= 15 is 0 Å². The van der Waals surface area contributed by atoms with Crippen molar-refractivity contribution < 1.29 is 4.79 Å². The van der Waals surface area contributed by atoms with Gasteiger partial charge in [-0.1, -0.05) is 0 Å². The van der Waals surface area contributed by atoms with Gasteiger partial charge in [-0.25, -0.2) is 4.98 Å². The Balaban J connectivity index is 1.65. The normalized spacial score (nSPS) is 12.3. The van der Waals surface area contributed by atoms with Crippen molar-refractivity contribution in [3.63, 3.8) is 0 Å². The van der Waals surface area contributed by atoms with Crippen molar-refractivity contribution in [2.75, 3.05) is 20.1 Å². The lowest BCUT2D eigenvalue weighted by Gasteiger charge is -2.17. The number of nitrogens with zero attached hydrogens (tertiary/aromatic N) is 4. The molecule has 0 spiro atoms. The van der Waals surface area contributed by atoms with E-state index in [2.05, 4.69) is 22.2 Å². The second-order valence-electron chi connectivity index (χ2n) is 5.53. The molecule has 0 aliphatic carbocycles. The van der Waals surface area contributed by atoms with Crippen LogP contribution in [0.4, 0.5) is 0 Å². The molecule has 6 nitrogen and oxygen atoms in total. The summed E-state index contributed by atoms with van der Waals surface area (Å²) < 4.78 is 2.04. The second-order valence-corrected chi connectivity index (χ2v) is 5.53. The first-order valence-corrected chi connectivity index (χ1v) is 7.46. The highest BCUT2D eigenvalue weighted by Crippen LogP contribution is 2.08. The maximum absolute atomic E-state index is 11.9. The van der Waals surface area contributed by atoms with Gasteiger partial charge in [0, 0.05) is 43.9 Å². The smallest absolute Gasteiger partial charge is 0.234 e. The predicted octanol–water partition coefficient (Wildman–Crippen LogP) is 1.48. The van der Waals surface area contributed by atoms with Crippen LogP contribution in [0.3, 0.4) is 0 Å². The lowest BCUT2D eigenvalue weighted by atomic mass is 10.2. The third-order valence-electron chi connectivity index (χ3n) is 3.53. The van der Waals surface area contributed by atoms with Crippen molar-refractivity contribution >= 4 is 5.91 Å². The molecule has 1 amide bonds. The summed E-state index contributed by atoms with van der Waals surface area (Å²) in [6, 6.07) is 4.25. The highest BCUT2D eigenvalue weighted by molar-refractivity contribution is 5.77. The standard InChI is InChI=1S/C16H23N5O/c1-14(21-10-9-18-13-21)3-8-19-16(22)12-20(2)11-15-4-6-17-7-5-15/h4-7,9-10,13-14H,3,8,11-12H2,1-2H3,(H,19,22). The van der Waals surface area contributed by atoms with E-state index < -0.39 is 0 Å². The first-order chi connectivity index (χ1) is 10.6. The molecule has 2 aromatic rings. The van der Waals surface area contributed by atoms with Gasteiger partial charge in [0.05, 0.1) is 12.9 Å². The van der Waals surface area contributed by atoms with E-state index in [4.69, 9.17) is 0 Å². The Morgan fingerprint density at radius 2 is 2.09 bits per heavy atom. The number of carbonyl (C=O) groups excluding carboxylic acids is 1. The molecule has 2 rings (SSSR count). The summed E-state index contributed by atoms with van der Waals surface area (Å²) in [5, 5.41) is 2.97. The molecule has 0 saturated carbocycles. The quantitative estimate of drug-likeness (QED) is 0.802. The van der Waals surface area contributed by atoms with Crippen LogP contribution < -0.4 is 5.32 Å². The Morgan fingerprint density at radius 1 is 1.32 bits per heavy atom. The summed E-state index contributed by atoms with van der Waals surface area (Å²) in [7, 11) is 1.94. The fourth-order valence-corrected chi connectivity index (χ4v) is 2.26. The number of nitrogens with one attached hydrogen (secondary N) is 1. The molecule has 1 unspecified atom stereocenters. The van der Waals surface area contributed by atoms with Gasteiger partial charge in [0.15, 0.2) is 0 Å². The number of carbonyl (C=O) groups is 1. The lowest BCUT2D eigenvalue weighted by Crippen LogP contribution is -2.35. The second kappa shape index (κ2) is 8.29. The SMILES string of the molecule is CC(CCNC(=O)CN(C)Cc1ccncc1)n1ccnc1. The molecule has 2 aromatic heterocycles. The van der Waals surface area contributed by atoms with Crippen LogP contribution in [0, 0.1) is 0 Å². The van der Waals surface area contributed by atoms with E-state index in [1.54, 1.807) is 24.9 Å². The van der Waals surface area contributed by atoms with E-state index in [0.29, 0.717) is 19.1 Å². The average Bonchev–Trinajstić information content (AvgIpc) is 3.02. The van der Waals surface area contributed by atoms with Gasteiger partial charge in [-0.3, -0.25) is 14.7 Å². The third kappa shape index (κ3) is 5.29. The molecule has 0 aliphatic rings. The molecule has 1 N–H and O–H groups in total. The van der Waals surface area contributed by atoms with Crippen LogP contribution in [0.2, 0.25) is 0 Å². The summed E-state index contributed by atoms with van der Waals surface area (Å²) in [5.41, 5.74) is 1.15. The van der Waals surface area contributed by atoms with E-state index in [1.807, 2.05) is 34.8 Å². The molecule has 118 valence electrons. The number of rotatable bonds is 8. The van der Waals surface area contributed by atoms with Crippen molar-refractivity contribution in [1.29, 1.82) is 0 Å². The summed E-state index contributed by atoms with van der Waals surface area (Å²) in [5.74, 6) is 0.0504. The average molecular weight is 301 g/mol. The minimum absolute atomic E-state index is 0.0504. The summed E-state index contributed by atoms with van der Waals surface area (Å²) in [6.07, 6.45) is 9.92. The molecule has 6 heteroatoms. The van der Waals surface area contributed by atoms with Gasteiger partial charge in [-0.15, -0.1) is 0 Å². The molecule has 0 bridgehead atoms. The van der Waals surface area contributed by atoms with Crippen molar-refractivity contribution in [2.24, 2.45) is 0 Å². The number of likely N-dealkylation sites (N-methyl/N-ethyl adjacent to an activating group) is 1. The molecule has 0 aromatic carbocycles. The first kappa shape index (κ1) is 16.2. The van der Waals surface area contributed by atoms with E-state index in [9.17, 15) is 4.79 Å². The van der Waals surface area contributed by atoms with Crippen LogP contribution in [-0.4, -0.2) is 45.5 Å². The molecular formula is C16H23N5O. The first-order valence-electron chi connectivity index (χ1n) is 7.46. The van der Waals surface area contributed by atoms with Crippen LogP contribution in [0.1, 0.15) is 24.9 Å². The topological polar surface area (TPSA) is 63.1 Å². The molecule has 0 aliphatic heterocycles. The van der Waals surface area contributed by atoms with Crippen LogP contribution in [-0.2, 0) is 11.3 Å². The van der Waals surface area contributed by atoms with Gasteiger partial charge in [0.25, 0.3) is 0 Å². The van der Waals surface area contributed by atoms with Crippen molar-refractivity contribution in [1.82, 2.24) is 24.8 Å². The van der Waals surface area contributed by atoms with Crippen molar-refractivity contribution in [3.05, 3.63) is 48.8 Å². The maximum atomic E-state index is 11.9. The number of hydrogen-bond acceptors (Lipinski definition) is 4. The number of imidazole rings is 1. The Kier molecular flexibility index (Phi) is 6.09. The molecule has 0 saturated heterocycles. The van der Waals surface area contributed by atoms with Crippen LogP contribution in [0.15, 0.2) is 43.2 Å². The number of amides is 1. The number of aromatic nitrogens is 3. The predicted molar refractivity (Wildman–Crippen MR) is 85.1 cm³/mol. The lowest BCUT2D eigenvalue weighted by molar-refractivity contribution is -0.122. The minimum Gasteiger partial charge on any atom is -0.355 e. The zero-order chi connectivity index (χ0) is 15.8. The fraction of sp³-hybridized carbons (Fsp3) is 0.438. The molecular weight excluding hydrogens is 278 g/mol. The summed E-state index contributed by atoms with van der Waals surface area (Å²) in [4.78, 5) is 21.9. The fourth-order valence-electron chi connectivity index (χ4n) is 2.26. The minimum atomic E-state index is 0.0504. The van der Waals surface area contributed by atoms with E-state index in [-0.39, 0.29) is 5.91 Å². The maximum Gasteiger partial charge on any atom is 0.234 e. The molecule has 0 fully saturated rings. The van der Waals surface area contributed by atoms with E-state index in [1.165, 1.54) is 0 Å². The zero-order valence-electron chi connectivity index (χ0n) is 13.1. The van der Waals surface area contributed by atoms with E-state index in [0.717, 1.165) is 18.5 Å². The molecule has 22 heavy (non-hydrogen) atoms. The van der Waals surface area contributed by atoms with Gasteiger partial charge in [-0.2, -0.15) is 0 Å². The van der Waals surface area contributed by atoms with Gasteiger partial charge in [0.2, 0.25) is 5.91 Å². The monoisotopic (exact) mass is 301 g/mol. The van der Waals surface area contributed by atoms with Crippen molar-refractivity contribution in [2.45, 2.75) is 25.9 Å². The highest BCUT2D eigenvalue weighted by Gasteiger charge is 2.08. The number of pyridine rings is 1. The van der Waals surface area contributed by atoms with Crippen LogP contribution in [0.25, 0.3) is 0 Å². The molecule has 2 heterocycles. The van der Waals surface area contributed by atoms with Gasteiger partial charge in [0.1, 0.15) is 0 Å². The van der Waals surface area contributed by atoms with Gasteiger partial charge >= 0.3 is 0 Å². The summed E-state index contributed by atoms with van der Waals surface area (Å²) in [6.45, 7) is 3.91. The van der Waals surface area contributed by atoms with Crippen LogP contribution in [0.5, 0.6) is 0 Å². The Hall–Kier alpha value is -2.21. The summed E-state index contributed by atoms with van der Waals surface area (Å²) >= 11 is 0. The van der Waals surface area contributed by atoms with Crippen molar-refractivity contribution in [3.8, 4) is 0 Å². The highest BCUT2D eigenvalue weighted by atomic mass is 16.2. The van der Waals surface area contributed by atoms with Gasteiger partial charge in [-0.05, 0) is 38.1 Å². The number of hydrogen-bond donors (Lipinski definition) is 1. The largest absolute Gasteiger partial charge is 0.355 e. The van der Waals surface area contributed by atoms with Crippen LogP contribution >= 0.6 is 0 Å². The van der Waals surface area contributed by atoms with Gasteiger partial charge < -0.3 is 9.88 Å². The zero-order valence-corrected chi connectivity index (χ0v) is 13.1. The Bertz CT molecular complexity index is 555.